The minimum Gasteiger partial charge on any atom is -0.477 e. The van der Waals surface area contributed by atoms with E-state index in [0.29, 0.717) is 42.5 Å². The summed E-state index contributed by atoms with van der Waals surface area (Å²) in [6.07, 6.45) is 1.86. The highest BCUT2D eigenvalue weighted by molar-refractivity contribution is 5.95. The van der Waals surface area contributed by atoms with Gasteiger partial charge in [0, 0.05) is 48.9 Å². The number of fused-ring (bicyclic) bond motifs is 1. The second-order valence-corrected chi connectivity index (χ2v) is 8.13. The van der Waals surface area contributed by atoms with E-state index < -0.39 is 0 Å². The van der Waals surface area contributed by atoms with Crippen LogP contribution in [0.2, 0.25) is 0 Å². The van der Waals surface area contributed by atoms with Crippen LogP contribution in [0.1, 0.15) is 19.2 Å². The van der Waals surface area contributed by atoms with E-state index in [4.69, 9.17) is 4.74 Å². The third kappa shape index (κ3) is 4.21. The maximum Gasteiger partial charge on any atom is 0.280 e. The summed E-state index contributed by atoms with van der Waals surface area (Å²) in [7, 11) is 0. The standard InChI is InChI=1S/C24H20FN7O3/c1-2-31-18(10-26)28-23-21(24(31)34)29-22(30-23)15-6-7-19(27-11-15)35-13-14-8-20(33)32(12-14)17-5-3-4-16(25)9-17/h3-7,9,11,14H,2,8,12-13H2,1H3,(H,29,30). The number of nitrogens with one attached hydrogen (secondary N) is 1. The Morgan fingerprint density at radius 1 is 1.26 bits per heavy atom. The zero-order chi connectivity index (χ0) is 24.5. The van der Waals surface area contributed by atoms with Crippen molar-refractivity contribution in [3.8, 4) is 23.3 Å². The number of pyridine rings is 1. The van der Waals surface area contributed by atoms with Gasteiger partial charge in [-0.25, -0.2) is 14.4 Å². The lowest BCUT2D eigenvalue weighted by Crippen LogP contribution is -2.25. The molecule has 35 heavy (non-hydrogen) atoms. The average molecular weight is 473 g/mol. The smallest absolute Gasteiger partial charge is 0.280 e. The van der Waals surface area contributed by atoms with Crippen molar-refractivity contribution in [2.45, 2.75) is 19.9 Å². The predicted octanol–water partition coefficient (Wildman–Crippen LogP) is 2.64. The first-order chi connectivity index (χ1) is 17.0. The quantitative estimate of drug-likeness (QED) is 0.456. The van der Waals surface area contributed by atoms with Gasteiger partial charge in [0.25, 0.3) is 5.56 Å². The van der Waals surface area contributed by atoms with E-state index in [1.807, 2.05) is 6.07 Å². The number of anilines is 1. The Morgan fingerprint density at radius 2 is 2.11 bits per heavy atom. The molecule has 1 aliphatic heterocycles. The normalized spacial score (nSPS) is 15.5. The van der Waals surface area contributed by atoms with Gasteiger partial charge in [-0.3, -0.25) is 14.2 Å². The molecule has 0 spiro atoms. The van der Waals surface area contributed by atoms with E-state index in [2.05, 4.69) is 19.9 Å². The number of hydrogen-bond donors (Lipinski definition) is 1. The highest BCUT2D eigenvalue weighted by Gasteiger charge is 2.31. The first-order valence-corrected chi connectivity index (χ1v) is 11.0. The van der Waals surface area contributed by atoms with Crippen LogP contribution in [-0.2, 0) is 11.3 Å². The summed E-state index contributed by atoms with van der Waals surface area (Å²) in [5.74, 6) is 0.261. The molecular weight excluding hydrogens is 453 g/mol. The van der Waals surface area contributed by atoms with Gasteiger partial charge in [-0.05, 0) is 31.2 Å². The first kappa shape index (κ1) is 22.2. The molecule has 3 aromatic heterocycles. The number of nitrogens with zero attached hydrogens (tertiary/aromatic N) is 6. The molecule has 11 heteroatoms. The van der Waals surface area contributed by atoms with Crippen molar-refractivity contribution < 1.29 is 13.9 Å². The van der Waals surface area contributed by atoms with Crippen LogP contribution < -0.4 is 15.2 Å². The molecule has 4 aromatic rings. The van der Waals surface area contributed by atoms with Crippen LogP contribution in [0, 0.1) is 23.1 Å². The number of halogens is 1. The van der Waals surface area contributed by atoms with E-state index in [9.17, 15) is 19.2 Å². The fourth-order valence-electron chi connectivity index (χ4n) is 4.10. The molecule has 0 saturated carbocycles. The summed E-state index contributed by atoms with van der Waals surface area (Å²) in [6, 6.07) is 11.3. The maximum absolute atomic E-state index is 13.5. The van der Waals surface area contributed by atoms with Gasteiger partial charge >= 0.3 is 0 Å². The second kappa shape index (κ2) is 8.98. The van der Waals surface area contributed by atoms with Gasteiger partial charge in [0.05, 0.1) is 6.61 Å². The van der Waals surface area contributed by atoms with Gasteiger partial charge in [-0.15, -0.1) is 0 Å². The van der Waals surface area contributed by atoms with Crippen LogP contribution >= 0.6 is 0 Å². The van der Waals surface area contributed by atoms with E-state index in [0.717, 1.165) is 0 Å². The minimum absolute atomic E-state index is 0.00582. The Balaban J connectivity index is 1.27. The Morgan fingerprint density at radius 3 is 2.83 bits per heavy atom. The summed E-state index contributed by atoms with van der Waals surface area (Å²) in [5, 5.41) is 9.24. The van der Waals surface area contributed by atoms with Crippen molar-refractivity contribution in [1.29, 1.82) is 5.26 Å². The summed E-state index contributed by atoms with van der Waals surface area (Å²) in [5.41, 5.74) is 1.17. The van der Waals surface area contributed by atoms with Crippen LogP contribution in [-0.4, -0.2) is 43.6 Å². The summed E-state index contributed by atoms with van der Waals surface area (Å²) < 4.78 is 20.6. The Kier molecular flexibility index (Phi) is 5.70. The van der Waals surface area contributed by atoms with E-state index in [-0.39, 0.29) is 46.8 Å². The molecule has 1 unspecified atom stereocenters. The summed E-state index contributed by atoms with van der Waals surface area (Å²) >= 11 is 0. The number of aromatic amines is 1. The molecule has 0 bridgehead atoms. The van der Waals surface area contributed by atoms with Crippen molar-refractivity contribution >= 4 is 22.8 Å². The molecular formula is C24H20FN7O3. The molecule has 1 aromatic carbocycles. The van der Waals surface area contributed by atoms with Crippen molar-refractivity contribution in [2.24, 2.45) is 5.92 Å². The fourth-order valence-corrected chi connectivity index (χ4v) is 4.10. The van der Waals surface area contributed by atoms with Crippen molar-refractivity contribution in [2.75, 3.05) is 18.1 Å². The predicted molar refractivity (Wildman–Crippen MR) is 124 cm³/mol. The monoisotopic (exact) mass is 473 g/mol. The van der Waals surface area contributed by atoms with Gasteiger partial charge in [0.1, 0.15) is 17.7 Å². The van der Waals surface area contributed by atoms with Gasteiger partial charge in [-0.1, -0.05) is 6.07 Å². The largest absolute Gasteiger partial charge is 0.477 e. The number of H-pyrrole nitrogens is 1. The number of ether oxygens (including phenoxy) is 1. The number of aromatic nitrogens is 5. The molecule has 0 radical (unpaired) electrons. The minimum atomic E-state index is -0.388. The van der Waals surface area contributed by atoms with E-state index in [1.165, 1.54) is 16.7 Å². The molecule has 1 saturated heterocycles. The van der Waals surface area contributed by atoms with E-state index in [1.54, 1.807) is 42.3 Å². The highest BCUT2D eigenvalue weighted by Crippen LogP contribution is 2.26. The zero-order valence-corrected chi connectivity index (χ0v) is 18.7. The van der Waals surface area contributed by atoms with Gasteiger partial charge < -0.3 is 14.6 Å². The number of hydrogen-bond acceptors (Lipinski definition) is 7. The van der Waals surface area contributed by atoms with Crippen molar-refractivity contribution in [3.63, 3.8) is 0 Å². The Bertz CT molecular complexity index is 1520. The zero-order valence-electron chi connectivity index (χ0n) is 18.7. The van der Waals surface area contributed by atoms with Crippen LogP contribution in [0.4, 0.5) is 10.1 Å². The molecule has 4 heterocycles. The van der Waals surface area contributed by atoms with Crippen molar-refractivity contribution in [3.05, 3.63) is 64.6 Å². The summed E-state index contributed by atoms with van der Waals surface area (Å²) in [6.45, 7) is 2.80. The topological polar surface area (TPSA) is 130 Å². The number of nitriles is 1. The first-order valence-electron chi connectivity index (χ1n) is 11.0. The SMILES string of the molecule is CCn1c(C#N)nc2nc(-c3ccc(OCC4CC(=O)N(c5cccc(F)c5)C4)nc3)[nH]c2c1=O. The third-order valence-corrected chi connectivity index (χ3v) is 5.83. The van der Waals surface area contributed by atoms with E-state index >= 15 is 0 Å². The molecule has 1 amide bonds. The lowest BCUT2D eigenvalue weighted by atomic mass is 10.1. The molecule has 1 aliphatic rings. The number of carbonyl (C=O) groups excluding carboxylic acids is 1. The molecule has 1 N–H and O–H groups in total. The van der Waals surface area contributed by atoms with Crippen LogP contribution in [0.15, 0.2) is 47.4 Å². The number of benzene rings is 1. The van der Waals surface area contributed by atoms with Gasteiger partial charge in [0.2, 0.25) is 17.6 Å². The lowest BCUT2D eigenvalue weighted by molar-refractivity contribution is -0.117. The van der Waals surface area contributed by atoms with Crippen LogP contribution in [0.3, 0.4) is 0 Å². The molecule has 1 fully saturated rings. The molecule has 10 nitrogen and oxygen atoms in total. The number of carbonyl (C=O) groups is 1. The molecule has 1 atom stereocenters. The average Bonchev–Trinajstić information content (AvgIpc) is 3.46. The number of imidazole rings is 1. The number of rotatable bonds is 6. The summed E-state index contributed by atoms with van der Waals surface area (Å²) in [4.78, 5) is 42.3. The van der Waals surface area contributed by atoms with Crippen LogP contribution in [0.5, 0.6) is 5.88 Å². The Hall–Kier alpha value is -4.59. The van der Waals surface area contributed by atoms with Crippen molar-refractivity contribution in [1.82, 2.24) is 24.5 Å². The second-order valence-electron chi connectivity index (χ2n) is 8.13. The molecule has 5 rings (SSSR count). The van der Waals surface area contributed by atoms with Crippen LogP contribution in [0.25, 0.3) is 22.6 Å². The van der Waals surface area contributed by atoms with Gasteiger partial charge in [0.15, 0.2) is 11.2 Å². The highest BCUT2D eigenvalue weighted by atomic mass is 19.1. The Labute approximate surface area is 198 Å². The third-order valence-electron chi connectivity index (χ3n) is 5.83. The molecule has 0 aliphatic carbocycles. The fraction of sp³-hybridized carbons (Fsp3) is 0.250. The lowest BCUT2D eigenvalue weighted by Gasteiger charge is -2.17. The number of amides is 1. The van der Waals surface area contributed by atoms with Gasteiger partial charge in [-0.2, -0.15) is 10.2 Å². The molecule has 176 valence electrons. The maximum atomic E-state index is 13.5.